The zero-order chi connectivity index (χ0) is 22.4. The first-order valence-corrected chi connectivity index (χ1v) is 11.8. The van der Waals surface area contributed by atoms with Gasteiger partial charge in [0.05, 0.1) is 28.3 Å². The van der Waals surface area contributed by atoms with E-state index in [2.05, 4.69) is 5.16 Å². The Labute approximate surface area is 199 Å². The van der Waals surface area contributed by atoms with E-state index in [4.69, 9.17) is 28.0 Å². The van der Waals surface area contributed by atoms with Gasteiger partial charge in [-0.25, -0.2) is 0 Å². The van der Waals surface area contributed by atoms with Crippen LogP contribution in [0.5, 0.6) is 0 Å². The molecule has 0 N–H and O–H groups in total. The molecule has 0 aromatic heterocycles. The van der Waals surface area contributed by atoms with Crippen molar-refractivity contribution in [2.75, 3.05) is 4.90 Å². The first-order valence-electron chi connectivity index (χ1n) is 11.1. The van der Waals surface area contributed by atoms with E-state index < -0.39 is 0 Å². The molecule has 2 aliphatic heterocycles. The fraction of sp³-hybridized carbons (Fsp3) is 0.269. The summed E-state index contributed by atoms with van der Waals surface area (Å²) in [6, 6.07) is 19.0. The zero-order valence-corrected chi connectivity index (χ0v) is 18.8. The van der Waals surface area contributed by atoms with Gasteiger partial charge in [0.1, 0.15) is 6.10 Å². The van der Waals surface area contributed by atoms with Gasteiger partial charge in [-0.15, -0.1) is 0 Å². The Morgan fingerprint density at radius 1 is 0.848 bits per heavy atom. The molecule has 3 aromatic carbocycles. The molecular formula is C26H18Cl2N2O3. The van der Waals surface area contributed by atoms with Gasteiger partial charge >= 0.3 is 0 Å². The molecule has 0 radical (unpaired) electrons. The summed E-state index contributed by atoms with van der Waals surface area (Å²) >= 11 is 12.5. The van der Waals surface area contributed by atoms with Gasteiger partial charge in [0.2, 0.25) is 11.8 Å². The molecule has 2 bridgehead atoms. The smallest absolute Gasteiger partial charge is 0.238 e. The first-order chi connectivity index (χ1) is 16.0. The third-order valence-electron chi connectivity index (χ3n) is 7.89. The molecule has 5 nitrogen and oxygen atoms in total. The first kappa shape index (κ1) is 19.6. The van der Waals surface area contributed by atoms with E-state index in [0.29, 0.717) is 15.7 Å². The maximum Gasteiger partial charge on any atom is 0.238 e. The molecule has 164 valence electrons. The van der Waals surface area contributed by atoms with Crippen LogP contribution in [0.4, 0.5) is 5.69 Å². The lowest BCUT2D eigenvalue weighted by atomic mass is 9.71. The Morgan fingerprint density at radius 2 is 1.61 bits per heavy atom. The molecule has 0 spiro atoms. The average Bonchev–Trinajstić information content (AvgIpc) is 3.54. The maximum atomic E-state index is 13.6. The molecule has 33 heavy (non-hydrogen) atoms. The van der Waals surface area contributed by atoms with Crippen molar-refractivity contribution in [1.82, 2.24) is 0 Å². The summed E-state index contributed by atoms with van der Waals surface area (Å²) in [5, 5.41) is 7.50. The van der Waals surface area contributed by atoms with Crippen LogP contribution < -0.4 is 4.90 Å². The van der Waals surface area contributed by atoms with Crippen molar-refractivity contribution in [2.45, 2.75) is 12.5 Å². The summed E-state index contributed by atoms with van der Waals surface area (Å²) in [6.45, 7) is 0. The Bertz CT molecular complexity index is 1400. The van der Waals surface area contributed by atoms with Gasteiger partial charge in [-0.05, 0) is 47.4 Å². The highest BCUT2D eigenvalue weighted by Gasteiger charge is 2.70. The molecule has 6 atom stereocenters. The van der Waals surface area contributed by atoms with E-state index in [1.165, 1.54) is 4.90 Å². The minimum absolute atomic E-state index is 0.0000915. The second-order valence-electron chi connectivity index (χ2n) is 9.35. The van der Waals surface area contributed by atoms with E-state index in [9.17, 15) is 9.59 Å². The van der Waals surface area contributed by atoms with Crippen LogP contribution in [0.3, 0.4) is 0 Å². The van der Waals surface area contributed by atoms with Gasteiger partial charge in [0, 0.05) is 22.4 Å². The van der Waals surface area contributed by atoms with E-state index in [0.717, 1.165) is 28.5 Å². The molecule has 3 aromatic rings. The number of oxime groups is 1. The van der Waals surface area contributed by atoms with Crippen LogP contribution in [0.2, 0.25) is 10.0 Å². The number of carbonyl (C=O) groups is 2. The summed E-state index contributed by atoms with van der Waals surface area (Å²) < 4.78 is 0. The molecule has 7 rings (SSSR count). The Morgan fingerprint density at radius 3 is 2.39 bits per heavy atom. The van der Waals surface area contributed by atoms with E-state index >= 15 is 0 Å². The number of fused-ring (bicyclic) bond motifs is 9. The normalized spacial score (nSPS) is 31.7. The number of amides is 2. The predicted octanol–water partition coefficient (Wildman–Crippen LogP) is 5.32. The minimum Gasteiger partial charge on any atom is -0.391 e. The standard InChI is InChI=1S/C26H18Cl2N2O3/c27-14-6-8-16(19(28)10-14)23-22-17-11-18(24(22)33-29-23)21-20(17)25(31)30(26(21)32)15-7-5-12-3-1-2-4-13(12)9-15/h1-10,17-18,20-22,24H,11H2/t17-,18-,20-,21-,22-,24+/m0/s1. The van der Waals surface area contributed by atoms with E-state index in [-0.39, 0.29) is 47.5 Å². The number of imide groups is 1. The number of hydrogen-bond acceptors (Lipinski definition) is 4. The van der Waals surface area contributed by atoms with E-state index in [1.807, 2.05) is 48.5 Å². The Kier molecular flexibility index (Phi) is 4.04. The van der Waals surface area contributed by atoms with Crippen molar-refractivity contribution < 1.29 is 14.4 Å². The van der Waals surface area contributed by atoms with Crippen molar-refractivity contribution in [3.8, 4) is 0 Å². The third kappa shape index (κ3) is 2.58. The van der Waals surface area contributed by atoms with Crippen molar-refractivity contribution in [3.05, 3.63) is 76.3 Å². The molecule has 2 saturated carbocycles. The largest absolute Gasteiger partial charge is 0.391 e. The molecule has 1 saturated heterocycles. The van der Waals surface area contributed by atoms with Crippen molar-refractivity contribution in [1.29, 1.82) is 0 Å². The summed E-state index contributed by atoms with van der Waals surface area (Å²) in [4.78, 5) is 34.4. The van der Waals surface area contributed by atoms with Crippen LogP contribution in [-0.2, 0) is 14.4 Å². The lowest BCUT2D eigenvalue weighted by Crippen LogP contribution is -2.41. The predicted molar refractivity (Wildman–Crippen MR) is 126 cm³/mol. The topological polar surface area (TPSA) is 59.0 Å². The molecule has 7 heteroatoms. The maximum absolute atomic E-state index is 13.6. The van der Waals surface area contributed by atoms with Crippen LogP contribution in [0.25, 0.3) is 10.8 Å². The van der Waals surface area contributed by atoms with Gasteiger partial charge in [0.15, 0.2) is 0 Å². The molecule has 2 amide bonds. The lowest BCUT2D eigenvalue weighted by Gasteiger charge is -2.30. The summed E-state index contributed by atoms with van der Waals surface area (Å²) in [7, 11) is 0. The average molecular weight is 477 g/mol. The van der Waals surface area contributed by atoms with E-state index in [1.54, 1.807) is 12.1 Å². The highest BCUT2D eigenvalue weighted by molar-refractivity contribution is 6.37. The van der Waals surface area contributed by atoms with Gasteiger partial charge in [-0.1, -0.05) is 64.8 Å². The van der Waals surface area contributed by atoms with Crippen molar-refractivity contribution in [2.24, 2.45) is 34.7 Å². The van der Waals surface area contributed by atoms with Gasteiger partial charge in [-0.2, -0.15) is 0 Å². The van der Waals surface area contributed by atoms with Crippen molar-refractivity contribution >= 4 is 57.2 Å². The SMILES string of the molecule is O=C1[C@H]2[C@@H]3C[C@H]([C@H]4C(c5ccc(Cl)cc5Cl)=NO[C@H]34)[C@@H]2C(=O)N1c1ccc2ccccc2c1. The van der Waals surface area contributed by atoms with Crippen LogP contribution in [-0.4, -0.2) is 23.6 Å². The molecule has 4 aliphatic rings. The molecule has 0 unspecified atom stereocenters. The number of benzene rings is 3. The van der Waals surface area contributed by atoms with Crippen LogP contribution in [0.1, 0.15) is 12.0 Å². The van der Waals surface area contributed by atoms with Gasteiger partial charge < -0.3 is 4.84 Å². The van der Waals surface area contributed by atoms with Crippen LogP contribution in [0, 0.1) is 29.6 Å². The fourth-order valence-corrected chi connectivity index (χ4v) is 7.12. The summed E-state index contributed by atoms with van der Waals surface area (Å²) in [6.07, 6.45) is 0.587. The minimum atomic E-state index is -0.356. The van der Waals surface area contributed by atoms with Gasteiger partial charge in [0.25, 0.3) is 0 Å². The zero-order valence-electron chi connectivity index (χ0n) is 17.3. The molecule has 2 aliphatic carbocycles. The number of carbonyl (C=O) groups excluding carboxylic acids is 2. The van der Waals surface area contributed by atoms with Crippen molar-refractivity contribution in [3.63, 3.8) is 0 Å². The Balaban J connectivity index is 1.25. The highest BCUT2D eigenvalue weighted by atomic mass is 35.5. The molecular weight excluding hydrogens is 459 g/mol. The summed E-state index contributed by atoms with van der Waals surface area (Å²) in [5.74, 6) is -1.02. The lowest BCUT2D eigenvalue weighted by molar-refractivity contribution is -0.125. The number of halogens is 2. The number of nitrogens with zero attached hydrogens (tertiary/aromatic N) is 2. The monoisotopic (exact) mass is 476 g/mol. The quantitative estimate of drug-likeness (QED) is 0.470. The van der Waals surface area contributed by atoms with Crippen LogP contribution >= 0.6 is 23.2 Å². The highest BCUT2D eigenvalue weighted by Crippen LogP contribution is 2.62. The van der Waals surface area contributed by atoms with Crippen LogP contribution in [0.15, 0.2) is 65.8 Å². The number of hydrogen-bond donors (Lipinski definition) is 0. The molecule has 2 heterocycles. The number of rotatable bonds is 2. The summed E-state index contributed by atoms with van der Waals surface area (Å²) in [5.41, 5.74) is 2.18. The second-order valence-corrected chi connectivity index (χ2v) is 10.2. The molecule has 3 fully saturated rings. The number of anilines is 1. The second kappa shape index (κ2) is 6.81. The van der Waals surface area contributed by atoms with Gasteiger partial charge in [-0.3, -0.25) is 14.5 Å². The Hall–Kier alpha value is -2.89. The fourth-order valence-electron chi connectivity index (χ4n) is 6.62. The third-order valence-corrected chi connectivity index (χ3v) is 8.44.